The highest BCUT2D eigenvalue weighted by Gasteiger charge is 2.32. The molecule has 0 unspecified atom stereocenters. The summed E-state index contributed by atoms with van der Waals surface area (Å²) in [4.78, 5) is 4.69. The van der Waals surface area contributed by atoms with E-state index in [4.69, 9.17) is 4.98 Å². The van der Waals surface area contributed by atoms with Crippen LogP contribution in [0.2, 0.25) is 19.1 Å². The Morgan fingerprint density at radius 2 is 1.83 bits per heavy atom. The Hall–Kier alpha value is -1.41. The molecule has 0 amide bonds. The second-order valence-corrected chi connectivity index (χ2v) is 10.6. The van der Waals surface area contributed by atoms with Gasteiger partial charge in [-0.25, -0.2) is 0 Å². The molecule has 1 aromatic heterocycles. The van der Waals surface area contributed by atoms with E-state index in [0.717, 1.165) is 0 Å². The molecular formula is C16H19NSi. The third-order valence-corrected chi connectivity index (χ3v) is 7.52. The molecule has 1 nitrogen and oxygen atoms in total. The van der Waals surface area contributed by atoms with E-state index in [1.807, 2.05) is 6.20 Å². The van der Waals surface area contributed by atoms with Crippen LogP contribution in [0.15, 0.2) is 42.6 Å². The molecule has 0 N–H and O–H groups in total. The first kappa shape index (κ1) is 11.7. The molecule has 0 aliphatic carbocycles. The van der Waals surface area contributed by atoms with Crippen molar-refractivity contribution < 1.29 is 0 Å². The van der Waals surface area contributed by atoms with Crippen LogP contribution in [-0.4, -0.2) is 13.1 Å². The summed E-state index contributed by atoms with van der Waals surface area (Å²) in [5.41, 5.74) is 4.06. The topological polar surface area (TPSA) is 12.9 Å². The first-order chi connectivity index (χ1) is 8.68. The van der Waals surface area contributed by atoms with E-state index in [2.05, 4.69) is 49.5 Å². The van der Waals surface area contributed by atoms with Gasteiger partial charge in [0, 0.05) is 6.20 Å². The Kier molecular flexibility index (Phi) is 2.82. The number of aromatic nitrogens is 1. The van der Waals surface area contributed by atoms with Gasteiger partial charge in [0.2, 0.25) is 0 Å². The molecule has 2 heteroatoms. The van der Waals surface area contributed by atoms with Crippen molar-refractivity contribution in [3.8, 4) is 11.3 Å². The summed E-state index contributed by atoms with van der Waals surface area (Å²) in [6.07, 6.45) is 4.57. The molecule has 1 aliphatic rings. The van der Waals surface area contributed by atoms with Gasteiger partial charge in [-0.15, -0.1) is 0 Å². The third kappa shape index (κ3) is 1.91. The number of benzene rings is 1. The number of rotatable bonds is 1. The maximum atomic E-state index is 4.69. The molecule has 0 atom stereocenters. The summed E-state index contributed by atoms with van der Waals surface area (Å²) in [5.74, 6) is 0. The first-order valence-electron chi connectivity index (χ1n) is 6.72. The van der Waals surface area contributed by atoms with Crippen molar-refractivity contribution in [3.05, 3.63) is 48.2 Å². The fraction of sp³-hybridized carbons (Fsp3) is 0.312. The Bertz CT molecular complexity index is 561. The molecule has 1 aliphatic heterocycles. The van der Waals surface area contributed by atoms with E-state index in [-0.39, 0.29) is 0 Å². The molecule has 0 saturated heterocycles. The number of hydrogen-bond donors (Lipinski definition) is 0. The number of aryl methyl sites for hydroxylation is 1. The zero-order chi connectivity index (χ0) is 12.6. The van der Waals surface area contributed by atoms with Gasteiger partial charge in [0.15, 0.2) is 0 Å². The minimum Gasteiger partial charge on any atom is -0.256 e. The van der Waals surface area contributed by atoms with Gasteiger partial charge in [-0.2, -0.15) is 0 Å². The molecule has 0 fully saturated rings. The zero-order valence-corrected chi connectivity index (χ0v) is 12.1. The lowest BCUT2D eigenvalue weighted by Gasteiger charge is -2.32. The molecule has 1 aromatic carbocycles. The van der Waals surface area contributed by atoms with Crippen molar-refractivity contribution in [2.24, 2.45) is 0 Å². The molecule has 18 heavy (non-hydrogen) atoms. The molecule has 0 spiro atoms. The number of fused-ring (bicyclic) bond motifs is 1. The largest absolute Gasteiger partial charge is 0.256 e. The van der Waals surface area contributed by atoms with E-state index >= 15 is 0 Å². The SMILES string of the molecule is C[Si]1(C)CCCc2ccnc(-c3ccccc3)c21. The van der Waals surface area contributed by atoms with E-state index in [1.54, 1.807) is 10.8 Å². The van der Waals surface area contributed by atoms with Crippen LogP contribution in [0.5, 0.6) is 0 Å². The van der Waals surface area contributed by atoms with Crippen molar-refractivity contribution in [1.82, 2.24) is 4.98 Å². The van der Waals surface area contributed by atoms with E-state index < -0.39 is 8.07 Å². The van der Waals surface area contributed by atoms with Crippen LogP contribution in [-0.2, 0) is 6.42 Å². The average Bonchev–Trinajstić information content (AvgIpc) is 2.39. The average molecular weight is 253 g/mol. The lowest BCUT2D eigenvalue weighted by Crippen LogP contribution is -2.47. The molecule has 2 heterocycles. The van der Waals surface area contributed by atoms with Crippen molar-refractivity contribution in [2.45, 2.75) is 32.0 Å². The first-order valence-corrected chi connectivity index (χ1v) is 9.93. The van der Waals surface area contributed by atoms with Crippen molar-refractivity contribution in [3.63, 3.8) is 0 Å². The van der Waals surface area contributed by atoms with Crippen molar-refractivity contribution in [1.29, 1.82) is 0 Å². The summed E-state index contributed by atoms with van der Waals surface area (Å²) in [6, 6.07) is 14.3. The van der Waals surface area contributed by atoms with Crippen molar-refractivity contribution >= 4 is 13.3 Å². The number of hydrogen-bond acceptors (Lipinski definition) is 1. The predicted molar refractivity (Wildman–Crippen MR) is 79.9 cm³/mol. The fourth-order valence-electron chi connectivity index (χ4n) is 3.13. The van der Waals surface area contributed by atoms with Gasteiger partial charge in [0.1, 0.15) is 0 Å². The second kappa shape index (κ2) is 4.36. The van der Waals surface area contributed by atoms with Crippen LogP contribution >= 0.6 is 0 Å². The Labute approximate surface area is 110 Å². The minimum absolute atomic E-state index is 1.23. The molecule has 0 radical (unpaired) electrons. The Morgan fingerprint density at radius 3 is 2.61 bits per heavy atom. The highest BCUT2D eigenvalue weighted by Crippen LogP contribution is 2.27. The van der Waals surface area contributed by atoms with E-state index in [1.165, 1.54) is 30.1 Å². The molecule has 0 bridgehead atoms. The smallest absolute Gasteiger partial charge is 0.0838 e. The van der Waals surface area contributed by atoms with Crippen molar-refractivity contribution in [2.75, 3.05) is 0 Å². The van der Waals surface area contributed by atoms with Crippen LogP contribution < -0.4 is 5.19 Å². The maximum absolute atomic E-state index is 4.69. The van der Waals surface area contributed by atoms with Gasteiger partial charge in [0.05, 0.1) is 13.8 Å². The Morgan fingerprint density at radius 1 is 1.06 bits per heavy atom. The molecular weight excluding hydrogens is 234 g/mol. The van der Waals surface area contributed by atoms with Crippen LogP contribution in [0.1, 0.15) is 12.0 Å². The van der Waals surface area contributed by atoms with Gasteiger partial charge >= 0.3 is 0 Å². The van der Waals surface area contributed by atoms with Crippen LogP contribution in [0, 0.1) is 0 Å². The van der Waals surface area contributed by atoms with Crippen LogP contribution in [0.25, 0.3) is 11.3 Å². The number of pyridine rings is 1. The maximum Gasteiger partial charge on any atom is 0.0838 e. The molecule has 92 valence electrons. The third-order valence-electron chi connectivity index (χ3n) is 4.01. The Balaban J connectivity index is 2.23. The summed E-state index contributed by atoms with van der Waals surface area (Å²) >= 11 is 0. The van der Waals surface area contributed by atoms with Crippen LogP contribution in [0.3, 0.4) is 0 Å². The second-order valence-electron chi connectivity index (χ2n) is 5.80. The standard InChI is InChI=1S/C16H19NSi/c1-18(2)12-6-9-14-10-11-17-15(16(14)18)13-7-4-3-5-8-13/h3-5,7-8,10-11H,6,9,12H2,1-2H3. The van der Waals surface area contributed by atoms with Crippen LogP contribution in [0.4, 0.5) is 0 Å². The van der Waals surface area contributed by atoms with E-state index in [9.17, 15) is 0 Å². The molecule has 0 saturated carbocycles. The summed E-state index contributed by atoms with van der Waals surface area (Å²) in [5, 5.41) is 1.60. The normalized spacial score (nSPS) is 17.2. The predicted octanol–water partition coefficient (Wildman–Crippen LogP) is 3.61. The zero-order valence-electron chi connectivity index (χ0n) is 11.1. The number of nitrogens with zero attached hydrogens (tertiary/aromatic N) is 1. The summed E-state index contributed by atoms with van der Waals surface area (Å²) in [6.45, 7) is 4.97. The van der Waals surface area contributed by atoms with Gasteiger partial charge < -0.3 is 0 Å². The molecule has 3 rings (SSSR count). The van der Waals surface area contributed by atoms with Gasteiger partial charge in [-0.3, -0.25) is 4.98 Å². The monoisotopic (exact) mass is 253 g/mol. The van der Waals surface area contributed by atoms with Gasteiger partial charge in [-0.05, 0) is 28.8 Å². The van der Waals surface area contributed by atoms with E-state index in [0.29, 0.717) is 0 Å². The summed E-state index contributed by atoms with van der Waals surface area (Å²) < 4.78 is 0. The highest BCUT2D eigenvalue weighted by atomic mass is 28.3. The lowest BCUT2D eigenvalue weighted by molar-refractivity contribution is 0.886. The highest BCUT2D eigenvalue weighted by molar-refractivity contribution is 6.91. The lowest BCUT2D eigenvalue weighted by atomic mass is 10.1. The summed E-state index contributed by atoms with van der Waals surface area (Å²) in [7, 11) is -1.30. The molecule has 2 aromatic rings. The fourth-order valence-corrected chi connectivity index (χ4v) is 6.36. The van der Waals surface area contributed by atoms with Gasteiger partial charge in [0.25, 0.3) is 0 Å². The minimum atomic E-state index is -1.30. The van der Waals surface area contributed by atoms with Gasteiger partial charge in [-0.1, -0.05) is 55.9 Å². The quantitative estimate of drug-likeness (QED) is 0.708.